The second-order valence-electron chi connectivity index (χ2n) is 7.66. The Bertz CT molecular complexity index is 856. The minimum absolute atomic E-state index is 0.144. The molecular weight excluding hydrogens is 362 g/mol. The van der Waals surface area contributed by atoms with E-state index in [4.69, 9.17) is 25.9 Å². The predicted molar refractivity (Wildman–Crippen MR) is 105 cm³/mol. The summed E-state index contributed by atoms with van der Waals surface area (Å²) in [6.45, 7) is 5.45. The molecule has 0 aliphatic carbocycles. The number of piperidine rings is 1. The van der Waals surface area contributed by atoms with E-state index in [-0.39, 0.29) is 11.8 Å². The van der Waals surface area contributed by atoms with Gasteiger partial charge >= 0.3 is 0 Å². The fraction of sp³-hybridized carbons (Fsp3) is 0.476. The van der Waals surface area contributed by atoms with Gasteiger partial charge in [-0.05, 0) is 43.3 Å². The van der Waals surface area contributed by atoms with Gasteiger partial charge in [-0.3, -0.25) is 0 Å². The molecule has 0 radical (unpaired) electrons. The number of fused-ring (bicyclic) bond motifs is 4. The van der Waals surface area contributed by atoms with Crippen molar-refractivity contribution in [3.05, 3.63) is 52.9 Å². The predicted octanol–water partition coefficient (Wildman–Crippen LogP) is 4.68. The van der Waals surface area contributed by atoms with E-state index in [0.717, 1.165) is 66.7 Å². The minimum atomic E-state index is -0.385. The molecule has 3 aliphatic heterocycles. The first kappa shape index (κ1) is 17.1. The van der Waals surface area contributed by atoms with Crippen molar-refractivity contribution in [2.75, 3.05) is 19.6 Å². The first-order chi connectivity index (χ1) is 13.2. The number of likely N-dealkylation sites (tertiary alicyclic amines) is 1. The molecule has 1 atom stereocenters. The molecular formula is C21H24ClN3O2. The highest BCUT2D eigenvalue weighted by molar-refractivity contribution is 6.30. The van der Waals surface area contributed by atoms with Gasteiger partial charge in [-0.1, -0.05) is 18.5 Å². The van der Waals surface area contributed by atoms with Crippen LogP contribution in [0.25, 0.3) is 0 Å². The average Bonchev–Trinajstić information content (AvgIpc) is 3.34. The summed E-state index contributed by atoms with van der Waals surface area (Å²) in [5, 5.41) is 7.93. The van der Waals surface area contributed by atoms with E-state index >= 15 is 0 Å². The molecule has 0 saturated carbocycles. The number of hydrogen-bond acceptors (Lipinski definition) is 5. The van der Waals surface area contributed by atoms with Crippen LogP contribution >= 0.6 is 11.6 Å². The number of rotatable bonds is 3. The summed E-state index contributed by atoms with van der Waals surface area (Å²) in [5.74, 6) is 1.78. The van der Waals surface area contributed by atoms with Gasteiger partial charge in [0.1, 0.15) is 17.2 Å². The van der Waals surface area contributed by atoms with Crippen LogP contribution in [0.2, 0.25) is 5.02 Å². The molecule has 3 aliphatic rings. The summed E-state index contributed by atoms with van der Waals surface area (Å²) >= 11 is 6.30. The number of benzene rings is 1. The number of ether oxygens (including phenoxy) is 1. The van der Waals surface area contributed by atoms with E-state index in [2.05, 4.69) is 16.8 Å². The maximum Gasteiger partial charge on any atom is 0.200 e. The van der Waals surface area contributed by atoms with E-state index in [9.17, 15) is 0 Å². The molecule has 0 N–H and O–H groups in total. The third kappa shape index (κ3) is 2.84. The summed E-state index contributed by atoms with van der Waals surface area (Å²) in [4.78, 5) is 2.52. The lowest BCUT2D eigenvalue weighted by Gasteiger charge is -2.51. The molecule has 1 aromatic carbocycles. The Morgan fingerprint density at radius 2 is 2.11 bits per heavy atom. The lowest BCUT2D eigenvalue weighted by atomic mass is 9.91. The molecule has 1 spiro atoms. The van der Waals surface area contributed by atoms with E-state index in [1.165, 1.54) is 6.42 Å². The van der Waals surface area contributed by atoms with Crippen LogP contribution in [0.5, 0.6) is 5.75 Å². The SMILES string of the molecule is CCCN1CCC2(CC1)Oc1ccc(Cl)cc1[C@@H]1CC(c3ccco3)=NN12. The summed E-state index contributed by atoms with van der Waals surface area (Å²) in [5.41, 5.74) is 1.72. The molecule has 0 amide bonds. The Morgan fingerprint density at radius 3 is 2.85 bits per heavy atom. The number of hydrazone groups is 1. The van der Waals surface area contributed by atoms with Crippen molar-refractivity contribution in [1.82, 2.24) is 9.91 Å². The van der Waals surface area contributed by atoms with Crippen LogP contribution in [0.3, 0.4) is 0 Å². The van der Waals surface area contributed by atoms with Crippen molar-refractivity contribution in [3.8, 4) is 5.75 Å². The van der Waals surface area contributed by atoms with Gasteiger partial charge in [-0.25, -0.2) is 5.01 Å². The van der Waals surface area contributed by atoms with Crippen LogP contribution in [0.1, 0.15) is 50.0 Å². The van der Waals surface area contributed by atoms with Crippen LogP contribution < -0.4 is 4.74 Å². The normalized spacial score (nSPS) is 23.7. The Morgan fingerprint density at radius 1 is 1.26 bits per heavy atom. The summed E-state index contributed by atoms with van der Waals surface area (Å²) in [6.07, 6.45) is 5.59. The molecule has 142 valence electrons. The van der Waals surface area contributed by atoms with Crippen molar-refractivity contribution in [2.24, 2.45) is 5.10 Å². The van der Waals surface area contributed by atoms with Gasteiger partial charge in [0, 0.05) is 42.9 Å². The third-order valence-corrected chi connectivity index (χ3v) is 6.18. The molecule has 1 aromatic heterocycles. The first-order valence-electron chi connectivity index (χ1n) is 9.80. The maximum atomic E-state index is 6.62. The number of hydrogen-bond donors (Lipinski definition) is 0. The van der Waals surface area contributed by atoms with Gasteiger partial charge in [0.15, 0.2) is 0 Å². The van der Waals surface area contributed by atoms with Crippen LogP contribution in [-0.2, 0) is 0 Å². The fourth-order valence-corrected chi connectivity index (χ4v) is 4.80. The summed E-state index contributed by atoms with van der Waals surface area (Å²) in [6, 6.07) is 9.99. The molecule has 0 bridgehead atoms. The highest BCUT2D eigenvalue weighted by Gasteiger charge is 2.52. The molecule has 0 unspecified atom stereocenters. The van der Waals surface area contributed by atoms with E-state index in [1.807, 2.05) is 30.3 Å². The maximum absolute atomic E-state index is 6.62. The lowest BCUT2D eigenvalue weighted by Crippen LogP contribution is -2.59. The molecule has 1 saturated heterocycles. The summed E-state index contributed by atoms with van der Waals surface area (Å²) < 4.78 is 12.3. The Hall–Kier alpha value is -1.98. The zero-order valence-electron chi connectivity index (χ0n) is 15.5. The molecule has 4 heterocycles. The minimum Gasteiger partial charge on any atom is -0.466 e. The van der Waals surface area contributed by atoms with Crippen molar-refractivity contribution in [3.63, 3.8) is 0 Å². The zero-order chi connectivity index (χ0) is 18.4. The van der Waals surface area contributed by atoms with Crippen LogP contribution in [-0.4, -0.2) is 41.0 Å². The van der Waals surface area contributed by atoms with Crippen molar-refractivity contribution in [1.29, 1.82) is 0 Å². The van der Waals surface area contributed by atoms with Crippen LogP contribution in [0.4, 0.5) is 0 Å². The molecule has 5 nitrogen and oxygen atoms in total. The van der Waals surface area contributed by atoms with Crippen LogP contribution in [0, 0.1) is 0 Å². The molecule has 1 fully saturated rings. The van der Waals surface area contributed by atoms with Gasteiger partial charge in [0.05, 0.1) is 12.3 Å². The van der Waals surface area contributed by atoms with Crippen molar-refractivity contribution >= 4 is 17.3 Å². The van der Waals surface area contributed by atoms with E-state index in [0.29, 0.717) is 0 Å². The van der Waals surface area contributed by atoms with Gasteiger partial charge in [-0.2, -0.15) is 5.10 Å². The number of furan rings is 1. The van der Waals surface area contributed by atoms with Gasteiger partial charge in [-0.15, -0.1) is 0 Å². The highest BCUT2D eigenvalue weighted by atomic mass is 35.5. The first-order valence-corrected chi connectivity index (χ1v) is 10.2. The average molecular weight is 386 g/mol. The quantitative estimate of drug-likeness (QED) is 0.769. The zero-order valence-corrected chi connectivity index (χ0v) is 16.3. The Labute approximate surface area is 164 Å². The van der Waals surface area contributed by atoms with Gasteiger partial charge in [0.25, 0.3) is 0 Å². The second kappa shape index (κ2) is 6.57. The highest BCUT2D eigenvalue weighted by Crippen LogP contribution is 2.50. The smallest absolute Gasteiger partial charge is 0.200 e. The third-order valence-electron chi connectivity index (χ3n) is 5.94. The number of halogens is 1. The monoisotopic (exact) mass is 385 g/mol. The van der Waals surface area contributed by atoms with E-state index < -0.39 is 0 Å². The van der Waals surface area contributed by atoms with E-state index in [1.54, 1.807) is 6.26 Å². The standard InChI is InChI=1S/C21H24ClN3O2/c1-2-9-24-10-7-21(8-11-24)25-18(14-17(23-25)20-4-3-12-26-20)16-13-15(22)5-6-19(16)27-21/h3-6,12-13,18H,2,7-11,14H2,1H3/t18-/m0/s1. The second-order valence-corrected chi connectivity index (χ2v) is 8.10. The number of nitrogens with zero attached hydrogens (tertiary/aromatic N) is 3. The fourth-order valence-electron chi connectivity index (χ4n) is 4.62. The Kier molecular flexibility index (Phi) is 4.17. The van der Waals surface area contributed by atoms with Crippen molar-refractivity contribution < 1.29 is 9.15 Å². The largest absolute Gasteiger partial charge is 0.466 e. The van der Waals surface area contributed by atoms with Crippen molar-refractivity contribution in [2.45, 2.75) is 44.4 Å². The molecule has 5 rings (SSSR count). The molecule has 2 aromatic rings. The molecule has 27 heavy (non-hydrogen) atoms. The van der Waals surface area contributed by atoms with Gasteiger partial charge in [0.2, 0.25) is 5.72 Å². The van der Waals surface area contributed by atoms with Crippen LogP contribution in [0.15, 0.2) is 46.1 Å². The summed E-state index contributed by atoms with van der Waals surface area (Å²) in [7, 11) is 0. The van der Waals surface area contributed by atoms with Gasteiger partial charge < -0.3 is 14.1 Å². The topological polar surface area (TPSA) is 41.2 Å². The Balaban J connectivity index is 1.53. The molecule has 6 heteroatoms. The lowest BCUT2D eigenvalue weighted by molar-refractivity contribution is -0.149.